The minimum absolute atomic E-state index is 0.0565. The molecule has 1 N–H and O–H groups in total. The zero-order chi connectivity index (χ0) is 13.8. The monoisotopic (exact) mass is 279 g/mol. The van der Waals surface area contributed by atoms with Crippen LogP contribution in [0.3, 0.4) is 0 Å². The molecule has 2 heterocycles. The molecule has 0 aliphatic rings. The fourth-order valence-corrected chi connectivity index (χ4v) is 2.38. The summed E-state index contributed by atoms with van der Waals surface area (Å²) in [6, 6.07) is 0. The molecule has 7 heteroatoms. The highest BCUT2D eigenvalue weighted by molar-refractivity contribution is 7.13. The summed E-state index contributed by atoms with van der Waals surface area (Å²) in [6.07, 6.45) is 3.65. The maximum atomic E-state index is 11.8. The van der Waals surface area contributed by atoms with Crippen molar-refractivity contribution in [3.05, 3.63) is 29.0 Å². The first-order valence-corrected chi connectivity index (χ1v) is 6.79. The normalized spacial score (nSPS) is 10.9. The van der Waals surface area contributed by atoms with E-state index in [1.807, 2.05) is 37.5 Å². The molecule has 0 radical (unpaired) electrons. The van der Waals surface area contributed by atoms with E-state index in [-0.39, 0.29) is 5.91 Å². The molecule has 0 saturated heterocycles. The molecule has 2 rings (SSSR count). The van der Waals surface area contributed by atoms with Crippen LogP contribution in [0.4, 0.5) is 5.13 Å². The molecular formula is C12H17N5OS. The van der Waals surface area contributed by atoms with Crippen LogP contribution in [0.25, 0.3) is 0 Å². The number of hydrogen-bond acceptors (Lipinski definition) is 5. The summed E-state index contributed by atoms with van der Waals surface area (Å²) in [5.74, 6) is -0.0565. The van der Waals surface area contributed by atoms with Crippen molar-refractivity contribution in [3.8, 4) is 0 Å². The molecule has 1 amide bonds. The number of carbonyl (C=O) groups is 1. The molecule has 0 spiro atoms. The number of carbonyl (C=O) groups excluding carboxylic acids is 1. The molecule has 19 heavy (non-hydrogen) atoms. The van der Waals surface area contributed by atoms with E-state index in [2.05, 4.69) is 15.4 Å². The van der Waals surface area contributed by atoms with Crippen molar-refractivity contribution in [2.24, 2.45) is 7.05 Å². The number of aromatic nitrogens is 3. The fourth-order valence-electron chi connectivity index (χ4n) is 1.84. The van der Waals surface area contributed by atoms with Gasteiger partial charge in [-0.3, -0.25) is 14.4 Å². The smallest absolute Gasteiger partial charge is 0.240 e. The highest BCUT2D eigenvalue weighted by atomic mass is 32.1. The number of thiazole rings is 1. The van der Waals surface area contributed by atoms with Crippen LogP contribution in [-0.2, 0) is 18.4 Å². The van der Waals surface area contributed by atoms with Crippen LogP contribution in [0.5, 0.6) is 0 Å². The maximum absolute atomic E-state index is 11.8. The number of nitrogens with zero attached hydrogens (tertiary/aromatic N) is 4. The van der Waals surface area contributed by atoms with Gasteiger partial charge in [-0.2, -0.15) is 5.10 Å². The van der Waals surface area contributed by atoms with Gasteiger partial charge in [-0.15, -0.1) is 11.3 Å². The van der Waals surface area contributed by atoms with Crippen molar-refractivity contribution in [2.45, 2.75) is 13.5 Å². The number of hydrogen-bond donors (Lipinski definition) is 1. The molecule has 0 bridgehead atoms. The van der Waals surface area contributed by atoms with Gasteiger partial charge in [-0.05, 0) is 14.0 Å². The minimum Gasteiger partial charge on any atom is -0.301 e. The highest BCUT2D eigenvalue weighted by Crippen LogP contribution is 2.11. The Hall–Kier alpha value is -1.73. The van der Waals surface area contributed by atoms with Crippen LogP contribution in [-0.4, -0.2) is 39.2 Å². The SMILES string of the molecule is Cc1nn(C)cc1CN(C)CC(=O)Nc1nccs1. The average molecular weight is 279 g/mol. The lowest BCUT2D eigenvalue weighted by molar-refractivity contribution is -0.117. The first kappa shape index (κ1) is 13.7. The van der Waals surface area contributed by atoms with Crippen molar-refractivity contribution < 1.29 is 4.79 Å². The van der Waals surface area contributed by atoms with Gasteiger partial charge in [-0.25, -0.2) is 4.98 Å². The van der Waals surface area contributed by atoms with Gasteiger partial charge in [0.2, 0.25) is 5.91 Å². The Morgan fingerprint density at radius 2 is 2.37 bits per heavy atom. The standard InChI is InChI=1S/C12H17N5OS/c1-9-10(7-17(3)15-9)6-16(2)8-11(18)14-12-13-4-5-19-12/h4-5,7H,6,8H2,1-3H3,(H,13,14,18). The van der Waals surface area contributed by atoms with Gasteiger partial charge in [0.15, 0.2) is 5.13 Å². The Balaban J connectivity index is 1.85. The lowest BCUT2D eigenvalue weighted by atomic mass is 10.2. The molecule has 0 saturated carbocycles. The second-order valence-corrected chi connectivity index (χ2v) is 5.37. The van der Waals surface area contributed by atoms with Crippen LogP contribution in [0.2, 0.25) is 0 Å². The van der Waals surface area contributed by atoms with Crippen molar-refractivity contribution in [2.75, 3.05) is 18.9 Å². The van der Waals surface area contributed by atoms with Gasteiger partial charge in [0.05, 0.1) is 12.2 Å². The van der Waals surface area contributed by atoms with Gasteiger partial charge in [0.1, 0.15) is 0 Å². The fraction of sp³-hybridized carbons (Fsp3) is 0.417. The zero-order valence-electron chi connectivity index (χ0n) is 11.3. The predicted octanol–water partition coefficient (Wildman–Crippen LogP) is 1.26. The lowest BCUT2D eigenvalue weighted by Crippen LogP contribution is -2.29. The minimum atomic E-state index is -0.0565. The third-order valence-electron chi connectivity index (χ3n) is 2.65. The highest BCUT2D eigenvalue weighted by Gasteiger charge is 2.11. The Morgan fingerprint density at radius 1 is 1.58 bits per heavy atom. The van der Waals surface area contributed by atoms with Gasteiger partial charge in [-0.1, -0.05) is 0 Å². The number of rotatable bonds is 5. The molecule has 2 aromatic heterocycles. The van der Waals surface area contributed by atoms with E-state index in [0.717, 1.165) is 11.3 Å². The zero-order valence-corrected chi connectivity index (χ0v) is 12.1. The van der Waals surface area contributed by atoms with Gasteiger partial charge >= 0.3 is 0 Å². The summed E-state index contributed by atoms with van der Waals surface area (Å²) in [5.41, 5.74) is 2.13. The van der Waals surface area contributed by atoms with Crippen LogP contribution >= 0.6 is 11.3 Å². The largest absolute Gasteiger partial charge is 0.301 e. The number of amides is 1. The van der Waals surface area contributed by atoms with E-state index in [1.54, 1.807) is 10.9 Å². The van der Waals surface area contributed by atoms with Crippen LogP contribution in [0.1, 0.15) is 11.3 Å². The molecule has 0 aliphatic carbocycles. The van der Waals surface area contributed by atoms with Crippen molar-refractivity contribution in [3.63, 3.8) is 0 Å². The van der Waals surface area contributed by atoms with Crippen molar-refractivity contribution in [1.29, 1.82) is 0 Å². The summed E-state index contributed by atoms with van der Waals surface area (Å²) in [6.45, 7) is 3.00. The maximum Gasteiger partial charge on any atom is 0.240 e. The van der Waals surface area contributed by atoms with E-state index >= 15 is 0 Å². The molecule has 0 aromatic carbocycles. The molecular weight excluding hydrogens is 262 g/mol. The van der Waals surface area contributed by atoms with Crippen LogP contribution < -0.4 is 5.32 Å². The molecule has 102 valence electrons. The summed E-state index contributed by atoms with van der Waals surface area (Å²) in [5, 5.41) is 9.52. The van der Waals surface area contributed by atoms with Crippen molar-refractivity contribution >= 4 is 22.4 Å². The van der Waals surface area contributed by atoms with E-state index < -0.39 is 0 Å². The Labute approximate surface area is 116 Å². The van der Waals surface area contributed by atoms with Crippen molar-refractivity contribution in [1.82, 2.24) is 19.7 Å². The van der Waals surface area contributed by atoms with E-state index in [1.165, 1.54) is 11.3 Å². The molecule has 0 aliphatic heterocycles. The second-order valence-electron chi connectivity index (χ2n) is 4.47. The molecule has 2 aromatic rings. The Bertz CT molecular complexity index is 548. The Kier molecular flexibility index (Phi) is 4.28. The third kappa shape index (κ3) is 3.87. The van der Waals surface area contributed by atoms with E-state index in [4.69, 9.17) is 0 Å². The molecule has 0 unspecified atom stereocenters. The molecule has 0 fully saturated rings. The number of anilines is 1. The number of nitrogens with one attached hydrogen (secondary N) is 1. The lowest BCUT2D eigenvalue weighted by Gasteiger charge is -2.15. The van der Waals surface area contributed by atoms with Crippen LogP contribution in [0.15, 0.2) is 17.8 Å². The second kappa shape index (κ2) is 5.94. The Morgan fingerprint density at radius 3 is 2.95 bits per heavy atom. The van der Waals surface area contributed by atoms with E-state index in [9.17, 15) is 4.79 Å². The van der Waals surface area contributed by atoms with E-state index in [0.29, 0.717) is 18.2 Å². The van der Waals surface area contributed by atoms with Gasteiger partial charge in [0.25, 0.3) is 0 Å². The van der Waals surface area contributed by atoms with Crippen LogP contribution in [0, 0.1) is 6.92 Å². The molecule has 6 nitrogen and oxygen atoms in total. The first-order valence-electron chi connectivity index (χ1n) is 5.91. The first-order chi connectivity index (χ1) is 9.04. The third-order valence-corrected chi connectivity index (χ3v) is 3.34. The summed E-state index contributed by atoms with van der Waals surface area (Å²) >= 11 is 1.41. The summed E-state index contributed by atoms with van der Waals surface area (Å²) in [4.78, 5) is 17.8. The van der Waals surface area contributed by atoms with Gasteiger partial charge in [0, 0.05) is 36.9 Å². The molecule has 0 atom stereocenters. The predicted molar refractivity (Wildman–Crippen MR) is 75.0 cm³/mol. The average Bonchev–Trinajstić information content (AvgIpc) is 2.89. The topological polar surface area (TPSA) is 63.1 Å². The summed E-state index contributed by atoms with van der Waals surface area (Å²) in [7, 11) is 3.81. The quantitative estimate of drug-likeness (QED) is 0.895. The summed E-state index contributed by atoms with van der Waals surface area (Å²) < 4.78 is 1.79. The van der Waals surface area contributed by atoms with Gasteiger partial charge < -0.3 is 5.32 Å². The number of likely N-dealkylation sites (N-methyl/N-ethyl adjacent to an activating group) is 1. The number of aryl methyl sites for hydroxylation is 2.